The molecule has 1 atom stereocenters. The van der Waals surface area contributed by atoms with Gasteiger partial charge >= 0.3 is 0 Å². The standard InChI is InChI=1S/C14H21N3O2S/c15-14(17-18)11-3-5-12(6-4-11)19-8-7-16-10-13-2-1-9-20-13/h3-6,13,16,18H,1-2,7-10H2,(H2,15,17). The van der Waals surface area contributed by atoms with Gasteiger partial charge in [0.1, 0.15) is 12.4 Å². The van der Waals surface area contributed by atoms with E-state index in [0.29, 0.717) is 12.2 Å². The molecule has 20 heavy (non-hydrogen) atoms. The molecule has 0 aromatic heterocycles. The molecule has 4 N–H and O–H groups in total. The molecule has 0 radical (unpaired) electrons. The second kappa shape index (κ2) is 8.01. The van der Waals surface area contributed by atoms with Crippen molar-refractivity contribution in [2.75, 3.05) is 25.4 Å². The van der Waals surface area contributed by atoms with Crippen LogP contribution in [0.25, 0.3) is 0 Å². The van der Waals surface area contributed by atoms with E-state index in [9.17, 15) is 0 Å². The molecule has 0 saturated carbocycles. The first-order valence-corrected chi connectivity index (χ1v) is 7.87. The lowest BCUT2D eigenvalue weighted by Gasteiger charge is -2.11. The molecule has 0 amide bonds. The highest BCUT2D eigenvalue weighted by Crippen LogP contribution is 2.25. The lowest BCUT2D eigenvalue weighted by Crippen LogP contribution is -2.27. The summed E-state index contributed by atoms with van der Waals surface area (Å²) in [5.41, 5.74) is 6.17. The minimum Gasteiger partial charge on any atom is -0.492 e. The summed E-state index contributed by atoms with van der Waals surface area (Å²) in [6.45, 7) is 2.55. The number of hydrogen-bond acceptors (Lipinski definition) is 5. The van der Waals surface area contributed by atoms with Crippen LogP contribution in [0.5, 0.6) is 5.75 Å². The van der Waals surface area contributed by atoms with Crippen molar-refractivity contribution in [2.45, 2.75) is 18.1 Å². The first kappa shape index (κ1) is 15.0. The lowest BCUT2D eigenvalue weighted by molar-refractivity contribution is 0.314. The SMILES string of the molecule is N/C(=N/O)c1ccc(OCCNCC2CCCS2)cc1. The maximum Gasteiger partial charge on any atom is 0.170 e. The van der Waals surface area contributed by atoms with Crippen molar-refractivity contribution < 1.29 is 9.94 Å². The topological polar surface area (TPSA) is 79.9 Å². The number of benzene rings is 1. The van der Waals surface area contributed by atoms with E-state index in [0.717, 1.165) is 24.1 Å². The van der Waals surface area contributed by atoms with E-state index in [1.807, 2.05) is 12.1 Å². The van der Waals surface area contributed by atoms with E-state index < -0.39 is 0 Å². The van der Waals surface area contributed by atoms with Gasteiger partial charge in [0.15, 0.2) is 5.84 Å². The number of hydrogen-bond donors (Lipinski definition) is 3. The highest BCUT2D eigenvalue weighted by Gasteiger charge is 2.14. The average molecular weight is 295 g/mol. The Balaban J connectivity index is 1.63. The van der Waals surface area contributed by atoms with E-state index in [4.69, 9.17) is 15.7 Å². The summed E-state index contributed by atoms with van der Waals surface area (Å²) in [6.07, 6.45) is 2.67. The Morgan fingerprint density at radius 3 is 2.90 bits per heavy atom. The molecule has 1 aliphatic heterocycles. The monoisotopic (exact) mass is 295 g/mol. The van der Waals surface area contributed by atoms with Gasteiger partial charge in [-0.3, -0.25) is 0 Å². The van der Waals surface area contributed by atoms with E-state index >= 15 is 0 Å². The van der Waals surface area contributed by atoms with Crippen LogP contribution >= 0.6 is 11.8 Å². The normalized spacial score (nSPS) is 19.2. The molecule has 110 valence electrons. The quantitative estimate of drug-likeness (QED) is 0.234. The third-order valence-corrected chi connectivity index (χ3v) is 4.60. The van der Waals surface area contributed by atoms with Gasteiger partial charge in [0.05, 0.1) is 0 Å². The van der Waals surface area contributed by atoms with Gasteiger partial charge in [-0.05, 0) is 42.9 Å². The van der Waals surface area contributed by atoms with Crippen LogP contribution in [-0.2, 0) is 0 Å². The van der Waals surface area contributed by atoms with Crippen LogP contribution in [-0.4, -0.2) is 41.7 Å². The van der Waals surface area contributed by atoms with E-state index in [-0.39, 0.29) is 5.84 Å². The molecule has 1 heterocycles. The molecular weight excluding hydrogens is 274 g/mol. The van der Waals surface area contributed by atoms with Crippen molar-refractivity contribution in [1.29, 1.82) is 0 Å². The molecule has 1 aromatic carbocycles. The third-order valence-electron chi connectivity index (χ3n) is 3.20. The van der Waals surface area contributed by atoms with Crippen LogP contribution in [0.3, 0.4) is 0 Å². The number of nitrogens with zero attached hydrogens (tertiary/aromatic N) is 1. The van der Waals surface area contributed by atoms with Crippen molar-refractivity contribution in [3.63, 3.8) is 0 Å². The summed E-state index contributed by atoms with van der Waals surface area (Å²) in [6, 6.07) is 7.18. The fourth-order valence-electron chi connectivity index (χ4n) is 2.09. The lowest BCUT2D eigenvalue weighted by atomic mass is 10.2. The second-order valence-corrected chi connectivity index (χ2v) is 6.11. The van der Waals surface area contributed by atoms with Gasteiger partial charge in [-0.1, -0.05) is 5.16 Å². The summed E-state index contributed by atoms with van der Waals surface area (Å²) in [5, 5.41) is 15.7. The number of nitrogens with two attached hydrogens (primary N) is 1. The molecule has 1 aromatic rings. The number of amidine groups is 1. The molecule has 0 spiro atoms. The Hall–Kier alpha value is -1.40. The second-order valence-electron chi connectivity index (χ2n) is 4.70. The molecule has 1 saturated heterocycles. The van der Waals surface area contributed by atoms with Gasteiger partial charge in [-0.15, -0.1) is 0 Å². The minimum atomic E-state index is 0.104. The van der Waals surface area contributed by atoms with Gasteiger partial charge in [0, 0.05) is 23.9 Å². The summed E-state index contributed by atoms with van der Waals surface area (Å²) in [7, 11) is 0. The van der Waals surface area contributed by atoms with Crippen LogP contribution in [0.4, 0.5) is 0 Å². The Kier molecular flexibility index (Phi) is 6.01. The Bertz CT molecular complexity index is 431. The number of thioether (sulfide) groups is 1. The summed E-state index contributed by atoms with van der Waals surface area (Å²) in [4.78, 5) is 0. The van der Waals surface area contributed by atoms with Gasteiger partial charge in [0.2, 0.25) is 0 Å². The fourth-order valence-corrected chi connectivity index (χ4v) is 3.32. The molecule has 0 bridgehead atoms. The highest BCUT2D eigenvalue weighted by atomic mass is 32.2. The number of nitrogens with one attached hydrogen (secondary N) is 1. The predicted molar refractivity (Wildman–Crippen MR) is 82.8 cm³/mol. The fraction of sp³-hybridized carbons (Fsp3) is 0.500. The van der Waals surface area contributed by atoms with Crippen molar-refractivity contribution in [3.8, 4) is 5.75 Å². The minimum absolute atomic E-state index is 0.104. The maximum absolute atomic E-state index is 8.57. The largest absolute Gasteiger partial charge is 0.492 e. The number of oxime groups is 1. The van der Waals surface area contributed by atoms with Crippen molar-refractivity contribution >= 4 is 17.6 Å². The zero-order valence-corrected chi connectivity index (χ0v) is 12.2. The van der Waals surface area contributed by atoms with Gasteiger partial charge in [0.25, 0.3) is 0 Å². The van der Waals surface area contributed by atoms with Crippen molar-refractivity contribution in [2.24, 2.45) is 10.9 Å². The van der Waals surface area contributed by atoms with Gasteiger partial charge in [-0.25, -0.2) is 0 Å². The number of ether oxygens (including phenoxy) is 1. The highest BCUT2D eigenvalue weighted by molar-refractivity contribution is 8.00. The van der Waals surface area contributed by atoms with Crippen LogP contribution < -0.4 is 15.8 Å². The van der Waals surface area contributed by atoms with Crippen LogP contribution in [0.2, 0.25) is 0 Å². The molecule has 5 nitrogen and oxygen atoms in total. The van der Waals surface area contributed by atoms with Crippen LogP contribution in [0, 0.1) is 0 Å². The van der Waals surface area contributed by atoms with Crippen molar-refractivity contribution in [3.05, 3.63) is 29.8 Å². The Labute approximate surface area is 123 Å². The van der Waals surface area contributed by atoms with E-state index in [1.54, 1.807) is 12.1 Å². The van der Waals surface area contributed by atoms with E-state index in [1.165, 1.54) is 18.6 Å². The molecule has 2 rings (SSSR count). The Morgan fingerprint density at radius 2 is 2.25 bits per heavy atom. The van der Waals surface area contributed by atoms with Crippen LogP contribution in [0.15, 0.2) is 29.4 Å². The third kappa shape index (κ3) is 4.61. The molecule has 1 aliphatic rings. The number of rotatable bonds is 7. The van der Waals surface area contributed by atoms with Gasteiger partial charge in [-0.2, -0.15) is 11.8 Å². The predicted octanol–water partition coefficient (Wildman–Crippen LogP) is 1.65. The summed E-state index contributed by atoms with van der Waals surface area (Å²) >= 11 is 2.06. The average Bonchev–Trinajstić information content (AvgIpc) is 3.00. The van der Waals surface area contributed by atoms with E-state index in [2.05, 4.69) is 22.2 Å². The first-order chi connectivity index (χ1) is 9.79. The zero-order chi connectivity index (χ0) is 14.2. The summed E-state index contributed by atoms with van der Waals surface area (Å²) in [5.74, 6) is 2.19. The zero-order valence-electron chi connectivity index (χ0n) is 11.4. The Morgan fingerprint density at radius 1 is 1.45 bits per heavy atom. The summed E-state index contributed by atoms with van der Waals surface area (Å²) < 4.78 is 5.63. The van der Waals surface area contributed by atoms with Crippen LogP contribution in [0.1, 0.15) is 18.4 Å². The smallest absolute Gasteiger partial charge is 0.170 e. The molecule has 6 heteroatoms. The maximum atomic E-state index is 8.57. The van der Waals surface area contributed by atoms with Gasteiger partial charge < -0.3 is 21.0 Å². The molecule has 1 unspecified atom stereocenters. The molecular formula is C14H21N3O2S. The van der Waals surface area contributed by atoms with Crippen molar-refractivity contribution in [1.82, 2.24) is 5.32 Å². The first-order valence-electron chi connectivity index (χ1n) is 6.82. The molecule has 0 aliphatic carbocycles. The molecule has 1 fully saturated rings.